The predicted octanol–water partition coefficient (Wildman–Crippen LogP) is -3.07. The van der Waals surface area contributed by atoms with Crippen molar-refractivity contribution < 1.29 is 30.0 Å². The average molecular weight is 233 g/mol. The minimum Gasteiger partial charge on any atom is -0.394 e. The van der Waals surface area contributed by atoms with Gasteiger partial charge >= 0.3 is 0 Å². The van der Waals surface area contributed by atoms with E-state index < -0.39 is 36.9 Å². The first-order chi connectivity index (χ1) is 7.47. The minimum absolute atomic E-state index is 0.208. The number of nitrogens with one attached hydrogen (secondary N) is 1. The van der Waals surface area contributed by atoms with Gasteiger partial charge in [0.1, 0.15) is 30.6 Å². The van der Waals surface area contributed by atoms with E-state index in [0.29, 0.717) is 0 Å². The molecule has 92 valence electrons. The van der Waals surface area contributed by atoms with E-state index in [2.05, 4.69) is 6.58 Å². The molecule has 1 unspecified atom stereocenters. The third kappa shape index (κ3) is 4.07. The van der Waals surface area contributed by atoms with Crippen molar-refractivity contribution in [2.45, 2.75) is 24.4 Å². The van der Waals surface area contributed by atoms with Crippen LogP contribution in [0.1, 0.15) is 0 Å². The van der Waals surface area contributed by atoms with Crippen LogP contribution in [0.15, 0.2) is 12.7 Å². The Kier molecular flexibility index (Phi) is 6.50. The minimum atomic E-state index is -1.75. The second-order valence-electron chi connectivity index (χ2n) is 3.11. The first kappa shape index (κ1) is 14.7. The number of aldehydes is 1. The van der Waals surface area contributed by atoms with E-state index in [1.54, 1.807) is 0 Å². The third-order valence-electron chi connectivity index (χ3n) is 1.94. The lowest BCUT2D eigenvalue weighted by Gasteiger charge is -2.25. The molecule has 0 aromatic rings. The molecule has 0 fully saturated rings. The fourth-order valence-electron chi connectivity index (χ4n) is 0.971. The van der Waals surface area contributed by atoms with Crippen molar-refractivity contribution in [3.05, 3.63) is 12.7 Å². The van der Waals surface area contributed by atoms with Gasteiger partial charge in [-0.1, -0.05) is 6.58 Å². The Morgan fingerprint density at radius 2 is 1.88 bits per heavy atom. The van der Waals surface area contributed by atoms with E-state index in [1.807, 2.05) is 5.32 Å². The van der Waals surface area contributed by atoms with Gasteiger partial charge in [0.25, 0.3) is 0 Å². The van der Waals surface area contributed by atoms with E-state index in [0.717, 1.165) is 6.08 Å². The lowest BCUT2D eigenvalue weighted by atomic mass is 10.0. The number of carbonyl (C=O) groups excluding carboxylic acids is 2. The summed E-state index contributed by atoms with van der Waals surface area (Å²) in [6, 6.07) is -1.39. The summed E-state index contributed by atoms with van der Waals surface area (Å²) < 4.78 is 0. The van der Waals surface area contributed by atoms with Crippen LogP contribution < -0.4 is 5.32 Å². The number of aliphatic hydroxyl groups is 4. The molecule has 0 aliphatic carbocycles. The number of hydrogen-bond donors (Lipinski definition) is 5. The SMILES string of the molecule is C=CC(=O)N[C@@H](C=O)[C@@H](O)[C@H](O)C(O)CO. The Labute approximate surface area is 92.0 Å². The molecule has 0 rings (SSSR count). The van der Waals surface area contributed by atoms with Crippen LogP contribution in [0.4, 0.5) is 0 Å². The largest absolute Gasteiger partial charge is 0.394 e. The number of amides is 1. The van der Waals surface area contributed by atoms with Gasteiger partial charge in [0.2, 0.25) is 5.91 Å². The molecule has 0 saturated carbocycles. The molecule has 0 saturated heterocycles. The lowest BCUT2D eigenvalue weighted by Crippen LogP contribution is -2.53. The lowest BCUT2D eigenvalue weighted by molar-refractivity contribution is -0.128. The van der Waals surface area contributed by atoms with Gasteiger partial charge in [0, 0.05) is 0 Å². The molecule has 0 aromatic carbocycles. The normalized spacial score (nSPS) is 18.0. The van der Waals surface area contributed by atoms with E-state index in [4.69, 9.17) is 10.2 Å². The quantitative estimate of drug-likeness (QED) is 0.234. The highest BCUT2D eigenvalue weighted by atomic mass is 16.4. The van der Waals surface area contributed by atoms with Crippen molar-refractivity contribution in [3.63, 3.8) is 0 Å². The molecule has 7 heteroatoms. The van der Waals surface area contributed by atoms with Gasteiger partial charge in [-0.3, -0.25) is 4.79 Å². The molecule has 0 aromatic heterocycles. The molecule has 4 atom stereocenters. The van der Waals surface area contributed by atoms with Crippen LogP contribution in [0.5, 0.6) is 0 Å². The van der Waals surface area contributed by atoms with Crippen molar-refractivity contribution in [3.8, 4) is 0 Å². The van der Waals surface area contributed by atoms with Crippen molar-refractivity contribution in [2.24, 2.45) is 0 Å². The summed E-state index contributed by atoms with van der Waals surface area (Å²) in [5.74, 6) is -0.707. The van der Waals surface area contributed by atoms with Crippen molar-refractivity contribution in [2.75, 3.05) is 6.61 Å². The van der Waals surface area contributed by atoms with E-state index in [9.17, 15) is 19.8 Å². The van der Waals surface area contributed by atoms with Crippen LogP contribution in [0.3, 0.4) is 0 Å². The molecule has 1 amide bonds. The highest BCUT2D eigenvalue weighted by molar-refractivity contribution is 5.89. The van der Waals surface area contributed by atoms with Crippen molar-refractivity contribution >= 4 is 12.2 Å². The maximum absolute atomic E-state index is 10.9. The molecular formula is C9H15NO6. The van der Waals surface area contributed by atoms with Crippen molar-refractivity contribution in [1.29, 1.82) is 0 Å². The zero-order valence-corrected chi connectivity index (χ0v) is 8.48. The van der Waals surface area contributed by atoms with Gasteiger partial charge in [-0.05, 0) is 6.08 Å². The number of carbonyl (C=O) groups is 2. The smallest absolute Gasteiger partial charge is 0.244 e. The van der Waals surface area contributed by atoms with Crippen LogP contribution in [-0.2, 0) is 9.59 Å². The zero-order valence-electron chi connectivity index (χ0n) is 8.48. The summed E-state index contributed by atoms with van der Waals surface area (Å²) in [6.45, 7) is 2.36. The standard InChI is InChI=1S/C9H15NO6/c1-2-7(14)10-5(3-11)8(15)9(16)6(13)4-12/h2-3,5-6,8-9,12-13,15-16H,1,4H2,(H,10,14)/t5-,6?,8+,9+/m0/s1. The van der Waals surface area contributed by atoms with Crippen LogP contribution in [-0.4, -0.2) is 63.6 Å². The van der Waals surface area contributed by atoms with Gasteiger partial charge < -0.3 is 30.5 Å². The highest BCUT2D eigenvalue weighted by Crippen LogP contribution is 2.03. The molecule has 0 spiro atoms. The fraction of sp³-hybridized carbons (Fsp3) is 0.556. The molecule has 0 bridgehead atoms. The van der Waals surface area contributed by atoms with E-state index in [1.165, 1.54) is 0 Å². The average Bonchev–Trinajstić information content (AvgIpc) is 2.32. The molecule has 5 N–H and O–H groups in total. The Bertz CT molecular complexity index is 256. The topological polar surface area (TPSA) is 127 Å². The fourth-order valence-corrected chi connectivity index (χ4v) is 0.971. The second kappa shape index (κ2) is 7.07. The monoisotopic (exact) mass is 233 g/mol. The van der Waals surface area contributed by atoms with Gasteiger partial charge in [-0.2, -0.15) is 0 Å². The predicted molar refractivity (Wildman–Crippen MR) is 53.3 cm³/mol. The van der Waals surface area contributed by atoms with Crippen LogP contribution >= 0.6 is 0 Å². The Morgan fingerprint density at radius 1 is 1.31 bits per heavy atom. The molecule has 7 nitrogen and oxygen atoms in total. The van der Waals surface area contributed by atoms with Crippen LogP contribution in [0, 0.1) is 0 Å². The van der Waals surface area contributed by atoms with E-state index >= 15 is 0 Å². The molecule has 0 aliphatic heterocycles. The first-order valence-corrected chi connectivity index (χ1v) is 4.51. The maximum atomic E-state index is 10.9. The summed E-state index contributed by atoms with van der Waals surface area (Å²) in [5, 5.41) is 38.3. The molecule has 0 radical (unpaired) electrons. The number of hydrogen-bond acceptors (Lipinski definition) is 6. The molecule has 16 heavy (non-hydrogen) atoms. The van der Waals surface area contributed by atoms with Crippen LogP contribution in [0.25, 0.3) is 0 Å². The highest BCUT2D eigenvalue weighted by Gasteiger charge is 2.31. The molecule has 0 aliphatic rings. The molecule has 0 heterocycles. The zero-order chi connectivity index (χ0) is 12.7. The van der Waals surface area contributed by atoms with Gasteiger partial charge in [-0.25, -0.2) is 0 Å². The first-order valence-electron chi connectivity index (χ1n) is 4.51. The third-order valence-corrected chi connectivity index (χ3v) is 1.94. The summed E-state index contributed by atoms with van der Waals surface area (Å²) >= 11 is 0. The number of aliphatic hydroxyl groups excluding tert-OH is 4. The number of rotatable bonds is 7. The summed E-state index contributed by atoms with van der Waals surface area (Å²) in [7, 11) is 0. The molecular weight excluding hydrogens is 218 g/mol. The second-order valence-corrected chi connectivity index (χ2v) is 3.11. The summed E-state index contributed by atoms with van der Waals surface area (Å²) in [6.07, 6.45) is -3.97. The van der Waals surface area contributed by atoms with Crippen molar-refractivity contribution in [1.82, 2.24) is 5.32 Å². The summed E-state index contributed by atoms with van der Waals surface area (Å²) in [5.41, 5.74) is 0. The van der Waals surface area contributed by atoms with Crippen LogP contribution in [0.2, 0.25) is 0 Å². The van der Waals surface area contributed by atoms with Gasteiger partial charge in [0.05, 0.1) is 6.61 Å². The van der Waals surface area contributed by atoms with E-state index in [-0.39, 0.29) is 6.29 Å². The maximum Gasteiger partial charge on any atom is 0.244 e. The Morgan fingerprint density at radius 3 is 2.25 bits per heavy atom. The van der Waals surface area contributed by atoms with Gasteiger partial charge in [-0.15, -0.1) is 0 Å². The Balaban J connectivity index is 4.51. The summed E-state index contributed by atoms with van der Waals surface area (Å²) in [4.78, 5) is 21.4. The van der Waals surface area contributed by atoms with Gasteiger partial charge in [0.15, 0.2) is 0 Å². The Hall–Kier alpha value is -1.28.